The maximum absolute atomic E-state index is 13.3. The van der Waals surface area contributed by atoms with Gasteiger partial charge in [0.05, 0.1) is 36.3 Å². The number of anilines is 1. The first kappa shape index (κ1) is 24.3. The molecular formula is C23H25ClN2O7S. The fraction of sp³-hybridized carbons (Fsp3) is 0.391. The van der Waals surface area contributed by atoms with Gasteiger partial charge < -0.3 is 19.1 Å². The highest BCUT2D eigenvalue weighted by Crippen LogP contribution is 2.33. The van der Waals surface area contributed by atoms with E-state index < -0.39 is 16.1 Å². The predicted molar refractivity (Wildman–Crippen MR) is 125 cm³/mol. The van der Waals surface area contributed by atoms with Crippen LogP contribution in [0.15, 0.2) is 47.4 Å². The van der Waals surface area contributed by atoms with Gasteiger partial charge in [-0.2, -0.15) is 0 Å². The van der Waals surface area contributed by atoms with E-state index in [1.54, 1.807) is 30.1 Å². The zero-order valence-corrected chi connectivity index (χ0v) is 20.3. The van der Waals surface area contributed by atoms with Crippen LogP contribution in [0.25, 0.3) is 0 Å². The number of nitrogens with one attached hydrogen (secondary N) is 1. The number of methoxy groups -OCH3 is 1. The number of amides is 1. The third kappa shape index (κ3) is 4.98. The van der Waals surface area contributed by atoms with Gasteiger partial charge in [-0.05, 0) is 43.2 Å². The number of rotatable bonds is 5. The quantitative estimate of drug-likeness (QED) is 0.618. The number of ether oxygens (including phenoxy) is 3. The minimum atomic E-state index is -3.96. The minimum absolute atomic E-state index is 0.0631. The summed E-state index contributed by atoms with van der Waals surface area (Å²) in [6.45, 7) is 0.178. The highest BCUT2D eigenvalue weighted by molar-refractivity contribution is 7.92. The lowest BCUT2D eigenvalue weighted by atomic mass is 9.94. The van der Waals surface area contributed by atoms with Gasteiger partial charge in [-0.3, -0.25) is 14.3 Å². The Morgan fingerprint density at radius 2 is 2.00 bits per heavy atom. The third-order valence-corrected chi connectivity index (χ3v) is 7.89. The molecule has 2 aliphatic heterocycles. The van der Waals surface area contributed by atoms with Crippen LogP contribution in [0.2, 0.25) is 5.02 Å². The first-order valence-electron chi connectivity index (χ1n) is 10.7. The summed E-state index contributed by atoms with van der Waals surface area (Å²) >= 11 is 6.05. The lowest BCUT2D eigenvalue weighted by molar-refractivity contribution is -0.151. The Balaban J connectivity index is 1.56. The fourth-order valence-electron chi connectivity index (χ4n) is 4.23. The molecule has 2 aliphatic rings. The van der Waals surface area contributed by atoms with Crippen molar-refractivity contribution < 1.29 is 32.2 Å². The molecule has 1 amide bonds. The SMILES string of the molecule is COC(=O)C[C@H]1CC[C@H]2[C@@H](COc3ccc(NS(=O)(=O)c4ccccc4Cl)cc3C(=O)N2C)O1. The summed E-state index contributed by atoms with van der Waals surface area (Å²) in [5.74, 6) is -0.357. The number of hydrogen-bond donors (Lipinski definition) is 1. The number of likely N-dealkylation sites (N-methyl/N-ethyl adjacent to an activating group) is 1. The number of sulfonamides is 1. The second-order valence-corrected chi connectivity index (χ2v) is 10.3. The summed E-state index contributed by atoms with van der Waals surface area (Å²) in [5.41, 5.74) is 0.441. The molecule has 3 atom stereocenters. The van der Waals surface area contributed by atoms with Gasteiger partial charge in [-0.1, -0.05) is 23.7 Å². The molecule has 1 fully saturated rings. The summed E-state index contributed by atoms with van der Waals surface area (Å²) in [4.78, 5) is 26.5. The standard InChI is InChI=1S/C23H25ClN2O7S/c1-26-18-9-8-15(12-22(27)31-2)33-20(18)13-32-19-10-7-14(11-16(19)23(26)28)25-34(29,30)21-6-4-3-5-17(21)24/h3-7,10-11,15,18,20,25H,8-9,12-13H2,1-2H3/t15-,18+,20-/m1/s1. The van der Waals surface area contributed by atoms with Gasteiger partial charge in [0.25, 0.3) is 15.9 Å². The van der Waals surface area contributed by atoms with Crippen molar-refractivity contribution in [1.82, 2.24) is 4.90 Å². The van der Waals surface area contributed by atoms with Crippen LogP contribution in [-0.4, -0.2) is 64.2 Å². The summed E-state index contributed by atoms with van der Waals surface area (Å²) < 4.78 is 44.8. The second-order valence-electron chi connectivity index (χ2n) is 8.20. The van der Waals surface area contributed by atoms with E-state index in [1.165, 1.54) is 31.4 Å². The van der Waals surface area contributed by atoms with Crippen LogP contribution in [0.4, 0.5) is 5.69 Å². The van der Waals surface area contributed by atoms with Crippen molar-refractivity contribution in [2.75, 3.05) is 25.5 Å². The molecule has 0 radical (unpaired) electrons. The molecule has 0 aromatic heterocycles. The van der Waals surface area contributed by atoms with E-state index >= 15 is 0 Å². The van der Waals surface area contributed by atoms with Crippen molar-refractivity contribution in [3.05, 3.63) is 53.1 Å². The minimum Gasteiger partial charge on any atom is -0.490 e. The van der Waals surface area contributed by atoms with Gasteiger partial charge in [0.15, 0.2) is 0 Å². The number of fused-ring (bicyclic) bond motifs is 2. The molecule has 0 bridgehead atoms. The molecule has 0 unspecified atom stereocenters. The molecule has 2 heterocycles. The van der Waals surface area contributed by atoms with E-state index in [4.69, 9.17) is 25.8 Å². The number of nitrogens with zero attached hydrogens (tertiary/aromatic N) is 1. The molecule has 1 saturated heterocycles. The molecule has 0 aliphatic carbocycles. The van der Waals surface area contributed by atoms with Crippen LogP contribution in [0.5, 0.6) is 5.75 Å². The van der Waals surface area contributed by atoms with E-state index in [-0.39, 0.29) is 58.2 Å². The van der Waals surface area contributed by atoms with E-state index in [0.29, 0.717) is 18.6 Å². The number of benzene rings is 2. The maximum Gasteiger partial charge on any atom is 0.308 e. The van der Waals surface area contributed by atoms with Crippen LogP contribution in [0.1, 0.15) is 29.6 Å². The van der Waals surface area contributed by atoms with Gasteiger partial charge >= 0.3 is 5.97 Å². The Kier molecular flexibility index (Phi) is 7.01. The van der Waals surface area contributed by atoms with Gasteiger partial charge in [0, 0.05) is 12.7 Å². The average Bonchev–Trinajstić information content (AvgIpc) is 2.81. The number of hydrogen-bond acceptors (Lipinski definition) is 7. The Bertz CT molecular complexity index is 1200. The summed E-state index contributed by atoms with van der Waals surface area (Å²) in [6, 6.07) is 10.4. The topological polar surface area (TPSA) is 111 Å². The molecule has 34 heavy (non-hydrogen) atoms. The van der Waals surface area contributed by atoms with Gasteiger partial charge in [-0.25, -0.2) is 8.42 Å². The maximum atomic E-state index is 13.3. The van der Waals surface area contributed by atoms with Crippen molar-refractivity contribution in [2.24, 2.45) is 0 Å². The van der Waals surface area contributed by atoms with Crippen LogP contribution in [0, 0.1) is 0 Å². The van der Waals surface area contributed by atoms with Crippen molar-refractivity contribution in [3.63, 3.8) is 0 Å². The fourth-order valence-corrected chi connectivity index (χ4v) is 5.80. The Labute approximate surface area is 203 Å². The molecule has 9 nitrogen and oxygen atoms in total. The monoisotopic (exact) mass is 508 g/mol. The summed E-state index contributed by atoms with van der Waals surface area (Å²) in [7, 11) is -0.948. The molecule has 2 aromatic rings. The molecular weight excluding hydrogens is 484 g/mol. The molecule has 0 spiro atoms. The normalized spacial score (nSPS) is 22.5. The molecule has 4 rings (SSSR count). The smallest absolute Gasteiger partial charge is 0.308 e. The van der Waals surface area contributed by atoms with Crippen LogP contribution < -0.4 is 9.46 Å². The van der Waals surface area contributed by atoms with E-state index in [1.807, 2.05) is 0 Å². The van der Waals surface area contributed by atoms with Gasteiger partial charge in [0.2, 0.25) is 0 Å². The molecule has 182 valence electrons. The predicted octanol–water partition coefficient (Wildman–Crippen LogP) is 3.08. The van der Waals surface area contributed by atoms with E-state index in [2.05, 4.69) is 4.72 Å². The molecule has 1 N–H and O–H groups in total. The van der Waals surface area contributed by atoms with Crippen molar-refractivity contribution in [1.29, 1.82) is 0 Å². The van der Waals surface area contributed by atoms with Crippen LogP contribution in [0.3, 0.4) is 0 Å². The van der Waals surface area contributed by atoms with E-state index in [9.17, 15) is 18.0 Å². The first-order valence-corrected chi connectivity index (χ1v) is 12.6. The molecule has 2 aromatic carbocycles. The van der Waals surface area contributed by atoms with E-state index in [0.717, 1.165) is 0 Å². The zero-order valence-electron chi connectivity index (χ0n) is 18.7. The summed E-state index contributed by atoms with van der Waals surface area (Å²) in [6.07, 6.45) is 0.651. The van der Waals surface area contributed by atoms with Crippen LogP contribution in [-0.2, 0) is 24.3 Å². The lowest BCUT2D eigenvalue weighted by Gasteiger charge is -2.42. The van der Waals surface area contributed by atoms with Gasteiger partial charge in [-0.15, -0.1) is 0 Å². The largest absolute Gasteiger partial charge is 0.490 e. The molecule has 0 saturated carbocycles. The number of halogens is 1. The molecule has 11 heteroatoms. The Morgan fingerprint density at radius 3 is 2.74 bits per heavy atom. The average molecular weight is 509 g/mol. The zero-order chi connectivity index (χ0) is 24.5. The number of carbonyl (C=O) groups excluding carboxylic acids is 2. The Morgan fingerprint density at radius 1 is 1.24 bits per heavy atom. The van der Waals surface area contributed by atoms with Crippen molar-refractivity contribution in [2.45, 2.75) is 42.4 Å². The second kappa shape index (κ2) is 9.81. The van der Waals surface area contributed by atoms with Crippen LogP contribution >= 0.6 is 11.6 Å². The van der Waals surface area contributed by atoms with Gasteiger partial charge in [0.1, 0.15) is 23.4 Å². The highest BCUT2D eigenvalue weighted by atomic mass is 35.5. The Hall–Kier alpha value is -2.82. The third-order valence-electron chi connectivity index (χ3n) is 6.01. The summed E-state index contributed by atoms with van der Waals surface area (Å²) in [5, 5.41) is 0.0919. The van der Waals surface area contributed by atoms with Crippen molar-refractivity contribution >= 4 is 39.2 Å². The number of carbonyl (C=O) groups is 2. The van der Waals surface area contributed by atoms with Crippen molar-refractivity contribution in [3.8, 4) is 5.75 Å². The lowest BCUT2D eigenvalue weighted by Crippen LogP contribution is -2.53. The first-order chi connectivity index (χ1) is 16.2. The number of esters is 1. The highest BCUT2D eigenvalue weighted by Gasteiger charge is 2.39.